The van der Waals surface area contributed by atoms with E-state index < -0.39 is 10.0 Å². The number of aromatic nitrogens is 2. The summed E-state index contributed by atoms with van der Waals surface area (Å²) in [6.45, 7) is 1.73. The summed E-state index contributed by atoms with van der Waals surface area (Å²) in [6, 6.07) is 5.14. The Hall–Kier alpha value is -1.64. The van der Waals surface area contributed by atoms with Crippen LogP contribution < -0.4 is 5.73 Å². The van der Waals surface area contributed by atoms with Gasteiger partial charge in [-0.05, 0) is 12.1 Å². The summed E-state index contributed by atoms with van der Waals surface area (Å²) in [4.78, 5) is 4.03. The van der Waals surface area contributed by atoms with Gasteiger partial charge in [-0.3, -0.25) is 4.40 Å². The molecule has 2 aromatic heterocycles. The Morgan fingerprint density at radius 1 is 1.47 bits per heavy atom. The van der Waals surface area contributed by atoms with E-state index in [0.717, 1.165) is 0 Å². The minimum atomic E-state index is -3.78. The number of aliphatic hydroxyl groups is 1. The monoisotopic (exact) mass is 284 g/mol. The molecular weight excluding hydrogens is 268 g/mol. The van der Waals surface area contributed by atoms with E-state index in [1.807, 2.05) is 0 Å². The molecule has 2 rings (SSSR count). The van der Waals surface area contributed by atoms with E-state index in [9.17, 15) is 8.42 Å². The van der Waals surface area contributed by atoms with Gasteiger partial charge in [0.15, 0.2) is 10.8 Å². The maximum atomic E-state index is 12.5. The number of pyridine rings is 1. The molecule has 19 heavy (non-hydrogen) atoms. The summed E-state index contributed by atoms with van der Waals surface area (Å²) >= 11 is 0. The third-order valence-corrected chi connectivity index (χ3v) is 4.81. The molecule has 0 amide bonds. The highest BCUT2D eigenvalue weighted by atomic mass is 32.2. The number of aliphatic hydroxyl groups excluding tert-OH is 1. The summed E-state index contributed by atoms with van der Waals surface area (Å²) in [5.41, 5.74) is 6.20. The molecule has 0 radical (unpaired) electrons. The van der Waals surface area contributed by atoms with Gasteiger partial charge in [0.05, 0.1) is 6.61 Å². The molecule has 0 aromatic carbocycles. The molecule has 0 aliphatic heterocycles. The topological polar surface area (TPSA) is 101 Å². The number of imidazole rings is 1. The van der Waals surface area contributed by atoms with Crippen molar-refractivity contribution >= 4 is 21.5 Å². The van der Waals surface area contributed by atoms with Crippen molar-refractivity contribution in [2.24, 2.45) is 0 Å². The van der Waals surface area contributed by atoms with Crippen LogP contribution in [0, 0.1) is 0 Å². The van der Waals surface area contributed by atoms with Gasteiger partial charge in [-0.25, -0.2) is 13.4 Å². The van der Waals surface area contributed by atoms with Crippen molar-refractivity contribution in [3.05, 3.63) is 24.4 Å². The smallest absolute Gasteiger partial charge is 0.262 e. The van der Waals surface area contributed by atoms with Crippen molar-refractivity contribution in [2.45, 2.75) is 11.9 Å². The summed E-state index contributed by atoms with van der Waals surface area (Å²) in [7, 11) is -3.78. The van der Waals surface area contributed by atoms with Crippen molar-refractivity contribution in [2.75, 3.05) is 25.4 Å². The van der Waals surface area contributed by atoms with E-state index in [-0.39, 0.29) is 30.5 Å². The van der Waals surface area contributed by atoms with Crippen molar-refractivity contribution in [3.63, 3.8) is 0 Å². The van der Waals surface area contributed by atoms with Crippen molar-refractivity contribution in [1.82, 2.24) is 13.7 Å². The first-order valence-electron chi connectivity index (χ1n) is 5.86. The molecule has 0 fully saturated rings. The third-order valence-electron chi connectivity index (χ3n) is 2.80. The lowest BCUT2D eigenvalue weighted by Crippen LogP contribution is -2.34. The number of rotatable bonds is 5. The third kappa shape index (κ3) is 2.29. The predicted octanol–water partition coefficient (Wildman–Crippen LogP) is -0.0806. The Morgan fingerprint density at radius 2 is 2.21 bits per heavy atom. The quantitative estimate of drug-likeness (QED) is 0.799. The normalized spacial score (nSPS) is 12.4. The van der Waals surface area contributed by atoms with E-state index in [2.05, 4.69) is 4.98 Å². The fourth-order valence-corrected chi connectivity index (χ4v) is 3.55. The number of likely N-dealkylation sites (N-methyl/N-ethyl adjacent to an activating group) is 1. The van der Waals surface area contributed by atoms with Gasteiger partial charge in [-0.15, -0.1) is 0 Å². The molecule has 0 saturated heterocycles. The Bertz CT molecular complexity index is 680. The fourth-order valence-electron chi connectivity index (χ4n) is 1.93. The molecule has 2 heterocycles. The number of sulfonamides is 1. The van der Waals surface area contributed by atoms with Gasteiger partial charge < -0.3 is 10.8 Å². The molecule has 0 spiro atoms. The second-order valence-electron chi connectivity index (χ2n) is 3.95. The molecule has 0 saturated carbocycles. The highest BCUT2D eigenvalue weighted by molar-refractivity contribution is 7.89. The number of anilines is 1. The second-order valence-corrected chi connectivity index (χ2v) is 5.80. The molecule has 0 unspecified atom stereocenters. The lowest BCUT2D eigenvalue weighted by molar-refractivity contribution is 0.256. The van der Waals surface area contributed by atoms with E-state index in [0.29, 0.717) is 5.65 Å². The molecule has 0 bridgehead atoms. The summed E-state index contributed by atoms with van der Waals surface area (Å²) in [5.74, 6) is -0.0393. The van der Waals surface area contributed by atoms with Crippen LogP contribution in [-0.4, -0.2) is 46.9 Å². The lowest BCUT2D eigenvalue weighted by Gasteiger charge is -2.19. The number of hydrogen-bond acceptors (Lipinski definition) is 5. The Kier molecular flexibility index (Phi) is 3.74. The van der Waals surface area contributed by atoms with Gasteiger partial charge in [0.2, 0.25) is 0 Å². The molecule has 0 aliphatic carbocycles. The van der Waals surface area contributed by atoms with Crippen molar-refractivity contribution in [3.8, 4) is 0 Å². The Balaban J connectivity index is 2.63. The zero-order valence-electron chi connectivity index (χ0n) is 10.5. The Morgan fingerprint density at radius 3 is 2.84 bits per heavy atom. The first kappa shape index (κ1) is 13.8. The van der Waals surface area contributed by atoms with Gasteiger partial charge in [-0.1, -0.05) is 13.0 Å². The largest absolute Gasteiger partial charge is 0.395 e. The number of nitrogen functional groups attached to an aromatic ring is 1. The molecule has 8 heteroatoms. The van der Waals surface area contributed by atoms with Crippen LogP contribution in [-0.2, 0) is 10.0 Å². The summed E-state index contributed by atoms with van der Waals surface area (Å²) in [6.07, 6.45) is 1.60. The van der Waals surface area contributed by atoms with Gasteiger partial charge in [0, 0.05) is 19.3 Å². The molecule has 7 nitrogen and oxygen atoms in total. The number of nitrogens with two attached hydrogens (primary N) is 1. The maximum absolute atomic E-state index is 12.5. The zero-order valence-corrected chi connectivity index (χ0v) is 11.3. The maximum Gasteiger partial charge on any atom is 0.262 e. The zero-order chi connectivity index (χ0) is 14.0. The van der Waals surface area contributed by atoms with Crippen LogP contribution in [0.2, 0.25) is 0 Å². The molecule has 2 aromatic rings. The highest BCUT2D eigenvalue weighted by Gasteiger charge is 2.29. The van der Waals surface area contributed by atoms with Crippen LogP contribution >= 0.6 is 0 Å². The van der Waals surface area contributed by atoms with E-state index in [4.69, 9.17) is 10.8 Å². The number of nitrogens with zero attached hydrogens (tertiary/aromatic N) is 3. The predicted molar refractivity (Wildman–Crippen MR) is 71.1 cm³/mol. The average Bonchev–Trinajstić information content (AvgIpc) is 2.71. The van der Waals surface area contributed by atoms with Crippen molar-refractivity contribution < 1.29 is 13.5 Å². The van der Waals surface area contributed by atoms with Crippen molar-refractivity contribution in [1.29, 1.82) is 0 Å². The first-order chi connectivity index (χ1) is 9.02. The minimum absolute atomic E-state index is 0.0261. The van der Waals surface area contributed by atoms with Gasteiger partial charge in [0.1, 0.15) is 5.65 Å². The number of hydrogen-bond donors (Lipinski definition) is 2. The van der Waals surface area contributed by atoms with E-state index in [1.165, 1.54) is 8.71 Å². The van der Waals surface area contributed by atoms with Gasteiger partial charge >= 0.3 is 0 Å². The van der Waals surface area contributed by atoms with Gasteiger partial charge in [-0.2, -0.15) is 4.31 Å². The van der Waals surface area contributed by atoms with E-state index in [1.54, 1.807) is 31.3 Å². The Labute approximate surface area is 111 Å². The van der Waals surface area contributed by atoms with Crippen LogP contribution in [0.5, 0.6) is 0 Å². The first-order valence-corrected chi connectivity index (χ1v) is 7.30. The average molecular weight is 284 g/mol. The van der Waals surface area contributed by atoms with Crippen LogP contribution in [0.3, 0.4) is 0 Å². The molecule has 0 atom stereocenters. The SMILES string of the molecule is CCN(CCO)S(=O)(=O)c1c(N)nc2ccccn12. The van der Waals surface area contributed by atoms with Crippen LogP contribution in [0.15, 0.2) is 29.4 Å². The standard InChI is InChI=1S/C11H16N4O3S/c1-2-14(7-8-16)19(17,18)11-10(12)13-9-5-3-4-6-15(9)11/h3-6,16H,2,7-8,12H2,1H3. The van der Waals surface area contributed by atoms with Crippen LogP contribution in [0.1, 0.15) is 6.92 Å². The minimum Gasteiger partial charge on any atom is -0.395 e. The summed E-state index contributed by atoms with van der Waals surface area (Å²) in [5, 5.41) is 8.89. The molecule has 3 N–H and O–H groups in total. The van der Waals surface area contributed by atoms with Crippen LogP contribution in [0.25, 0.3) is 5.65 Å². The second kappa shape index (κ2) is 5.16. The van der Waals surface area contributed by atoms with Gasteiger partial charge in [0.25, 0.3) is 10.0 Å². The molecular formula is C11H16N4O3S. The van der Waals surface area contributed by atoms with E-state index >= 15 is 0 Å². The molecule has 104 valence electrons. The summed E-state index contributed by atoms with van der Waals surface area (Å²) < 4.78 is 27.6. The lowest BCUT2D eigenvalue weighted by atomic mass is 10.5. The molecule has 0 aliphatic rings. The fraction of sp³-hybridized carbons (Fsp3) is 0.364. The highest BCUT2D eigenvalue weighted by Crippen LogP contribution is 2.23. The van der Waals surface area contributed by atoms with Crippen LogP contribution in [0.4, 0.5) is 5.82 Å². The number of fused-ring (bicyclic) bond motifs is 1.